The lowest BCUT2D eigenvalue weighted by Gasteiger charge is -2.36. The second-order valence-electron chi connectivity index (χ2n) is 7.82. The fraction of sp³-hybridized carbons (Fsp3) is 0.842. The molecule has 6 nitrogen and oxygen atoms in total. The Morgan fingerprint density at radius 2 is 2.04 bits per heavy atom. The van der Waals surface area contributed by atoms with E-state index in [0.717, 1.165) is 65.2 Å². The van der Waals surface area contributed by atoms with Crippen LogP contribution in [-0.4, -0.2) is 65.9 Å². The molecule has 0 aliphatic carbocycles. The predicted octanol–water partition coefficient (Wildman–Crippen LogP) is 1.99. The van der Waals surface area contributed by atoms with Gasteiger partial charge in [0, 0.05) is 57.8 Å². The van der Waals surface area contributed by atoms with Crippen LogP contribution in [0.1, 0.15) is 37.7 Å². The summed E-state index contributed by atoms with van der Waals surface area (Å²) in [4.78, 5) is 2.57. The summed E-state index contributed by atoms with van der Waals surface area (Å²) in [5.41, 5.74) is 1.30. The van der Waals surface area contributed by atoms with Gasteiger partial charge in [0.05, 0.1) is 25.0 Å². The average molecular weight is 349 g/mol. The van der Waals surface area contributed by atoms with Gasteiger partial charge in [0.25, 0.3) is 0 Å². The van der Waals surface area contributed by atoms with Gasteiger partial charge in [-0.05, 0) is 38.0 Å². The first-order valence-electron chi connectivity index (χ1n) is 9.80. The van der Waals surface area contributed by atoms with Crippen LogP contribution in [0.3, 0.4) is 0 Å². The third kappa shape index (κ3) is 4.42. The van der Waals surface area contributed by atoms with Gasteiger partial charge in [0.1, 0.15) is 0 Å². The van der Waals surface area contributed by atoms with Crippen LogP contribution in [0.4, 0.5) is 0 Å². The maximum absolute atomic E-state index is 6.36. The third-order valence-electron chi connectivity index (χ3n) is 5.89. The van der Waals surface area contributed by atoms with Crippen molar-refractivity contribution in [3.05, 3.63) is 18.0 Å². The molecule has 1 aromatic heterocycles. The molecule has 6 heteroatoms. The summed E-state index contributed by atoms with van der Waals surface area (Å²) in [5.74, 6) is 0.673. The Morgan fingerprint density at radius 3 is 2.84 bits per heavy atom. The molecule has 0 bridgehead atoms. The van der Waals surface area contributed by atoms with Gasteiger partial charge in [-0.25, -0.2) is 0 Å². The zero-order valence-corrected chi connectivity index (χ0v) is 15.3. The van der Waals surface area contributed by atoms with E-state index in [1.807, 2.05) is 17.9 Å². The number of ether oxygens (including phenoxy) is 3. The smallest absolute Gasteiger partial charge is 0.0813 e. The fourth-order valence-electron chi connectivity index (χ4n) is 4.47. The van der Waals surface area contributed by atoms with E-state index in [9.17, 15) is 0 Å². The van der Waals surface area contributed by atoms with Gasteiger partial charge in [-0.15, -0.1) is 0 Å². The van der Waals surface area contributed by atoms with E-state index in [-0.39, 0.29) is 6.10 Å². The molecule has 0 radical (unpaired) electrons. The Hall–Kier alpha value is -0.950. The van der Waals surface area contributed by atoms with Gasteiger partial charge in [-0.1, -0.05) is 0 Å². The van der Waals surface area contributed by atoms with Crippen LogP contribution in [-0.2, 0) is 27.8 Å². The van der Waals surface area contributed by atoms with E-state index in [1.165, 1.54) is 12.0 Å². The molecule has 0 spiro atoms. The highest BCUT2D eigenvalue weighted by Gasteiger charge is 2.39. The van der Waals surface area contributed by atoms with Gasteiger partial charge in [0.2, 0.25) is 0 Å². The van der Waals surface area contributed by atoms with Crippen LogP contribution in [0.5, 0.6) is 0 Å². The Morgan fingerprint density at radius 1 is 1.16 bits per heavy atom. The summed E-state index contributed by atoms with van der Waals surface area (Å²) in [6, 6.07) is 0.562. The van der Waals surface area contributed by atoms with Gasteiger partial charge >= 0.3 is 0 Å². The Bertz CT molecular complexity index is 544. The van der Waals surface area contributed by atoms with E-state index in [1.54, 1.807) is 0 Å². The maximum atomic E-state index is 6.36. The van der Waals surface area contributed by atoms with Crippen LogP contribution in [0.15, 0.2) is 12.4 Å². The van der Waals surface area contributed by atoms with Crippen LogP contribution in [0, 0.1) is 5.92 Å². The molecule has 4 heterocycles. The average Bonchev–Trinajstić information content (AvgIpc) is 3.22. The van der Waals surface area contributed by atoms with Crippen molar-refractivity contribution in [2.45, 2.75) is 56.9 Å². The van der Waals surface area contributed by atoms with Crippen LogP contribution in [0.25, 0.3) is 0 Å². The van der Waals surface area contributed by atoms with Crippen LogP contribution < -0.4 is 0 Å². The van der Waals surface area contributed by atoms with Crippen molar-refractivity contribution in [1.82, 2.24) is 14.7 Å². The van der Waals surface area contributed by atoms with Crippen molar-refractivity contribution in [2.75, 3.05) is 33.0 Å². The normalized spacial score (nSPS) is 31.3. The molecular formula is C19H31N3O3. The summed E-state index contributed by atoms with van der Waals surface area (Å²) in [6.07, 6.45) is 10.5. The summed E-state index contributed by atoms with van der Waals surface area (Å²) in [5, 5.41) is 4.28. The van der Waals surface area contributed by atoms with Crippen LogP contribution >= 0.6 is 0 Å². The third-order valence-corrected chi connectivity index (χ3v) is 5.89. The second kappa shape index (κ2) is 8.16. The number of hydrogen-bond donors (Lipinski definition) is 0. The van der Waals surface area contributed by atoms with Gasteiger partial charge in [-0.3, -0.25) is 9.58 Å². The van der Waals surface area contributed by atoms with Crippen molar-refractivity contribution in [1.29, 1.82) is 0 Å². The first kappa shape index (κ1) is 17.5. The van der Waals surface area contributed by atoms with E-state index in [2.05, 4.69) is 16.2 Å². The van der Waals surface area contributed by atoms with E-state index in [0.29, 0.717) is 18.1 Å². The van der Waals surface area contributed by atoms with Crippen molar-refractivity contribution in [3.63, 3.8) is 0 Å². The highest BCUT2D eigenvalue weighted by molar-refractivity contribution is 5.05. The van der Waals surface area contributed by atoms with Crippen molar-refractivity contribution in [2.24, 2.45) is 13.0 Å². The highest BCUT2D eigenvalue weighted by atomic mass is 16.5. The quantitative estimate of drug-likeness (QED) is 0.786. The number of aryl methyl sites for hydroxylation is 1. The molecule has 0 aromatic carbocycles. The Labute approximate surface area is 150 Å². The minimum absolute atomic E-state index is 0.277. The molecule has 4 rings (SSSR count). The lowest BCUT2D eigenvalue weighted by Crippen LogP contribution is -2.43. The first-order valence-corrected chi connectivity index (χ1v) is 9.80. The van der Waals surface area contributed by atoms with Crippen LogP contribution in [0.2, 0.25) is 0 Å². The molecule has 3 fully saturated rings. The monoisotopic (exact) mass is 349 g/mol. The van der Waals surface area contributed by atoms with E-state index in [4.69, 9.17) is 14.2 Å². The van der Waals surface area contributed by atoms with E-state index < -0.39 is 0 Å². The first-order chi connectivity index (χ1) is 12.3. The number of fused-ring (bicyclic) bond motifs is 1. The maximum Gasteiger partial charge on any atom is 0.0813 e. The zero-order valence-electron chi connectivity index (χ0n) is 15.3. The standard InChI is InChI=1S/C19H31N3O3/c1-21-11-16(10-20-21)12-22-7-4-19-18(22)3-2-17(25-19)14-24-13-15-5-8-23-9-6-15/h10-11,15,17-19H,2-9,12-14H2,1H3/t17-,18-,19-/m0/s1. The number of nitrogens with zero attached hydrogens (tertiary/aromatic N) is 3. The second-order valence-corrected chi connectivity index (χ2v) is 7.82. The van der Waals surface area contributed by atoms with Gasteiger partial charge in [0.15, 0.2) is 0 Å². The minimum atomic E-state index is 0.277. The molecule has 3 atom stereocenters. The summed E-state index contributed by atoms with van der Waals surface area (Å²) >= 11 is 0. The highest BCUT2D eigenvalue weighted by Crippen LogP contribution is 2.32. The molecule has 25 heavy (non-hydrogen) atoms. The molecule has 3 saturated heterocycles. The Balaban J connectivity index is 1.20. The number of hydrogen-bond acceptors (Lipinski definition) is 5. The Kier molecular flexibility index (Phi) is 5.70. The van der Waals surface area contributed by atoms with Gasteiger partial charge < -0.3 is 14.2 Å². The molecule has 0 saturated carbocycles. The summed E-state index contributed by atoms with van der Waals surface area (Å²) in [6.45, 7) is 5.52. The molecule has 140 valence electrons. The number of rotatable bonds is 6. The molecule has 1 aromatic rings. The zero-order chi connectivity index (χ0) is 17.1. The molecule has 0 amide bonds. The minimum Gasteiger partial charge on any atom is -0.381 e. The molecule has 0 N–H and O–H groups in total. The lowest BCUT2D eigenvalue weighted by molar-refractivity contribution is -0.105. The van der Waals surface area contributed by atoms with Crippen molar-refractivity contribution >= 4 is 0 Å². The number of likely N-dealkylation sites (tertiary alicyclic amines) is 1. The molecule has 0 unspecified atom stereocenters. The summed E-state index contributed by atoms with van der Waals surface area (Å²) < 4.78 is 19.6. The van der Waals surface area contributed by atoms with Crippen molar-refractivity contribution in [3.8, 4) is 0 Å². The predicted molar refractivity (Wildman–Crippen MR) is 94.3 cm³/mol. The molecular weight excluding hydrogens is 318 g/mol. The fourth-order valence-corrected chi connectivity index (χ4v) is 4.47. The molecule has 3 aliphatic rings. The van der Waals surface area contributed by atoms with E-state index >= 15 is 0 Å². The lowest BCUT2D eigenvalue weighted by atomic mass is 9.99. The largest absolute Gasteiger partial charge is 0.381 e. The van der Waals surface area contributed by atoms with Crippen molar-refractivity contribution < 1.29 is 14.2 Å². The number of aromatic nitrogens is 2. The molecule has 3 aliphatic heterocycles. The SMILES string of the molecule is Cn1cc(CN2CC[C@@H]3O[C@H](COCC4CCOCC4)CC[C@@H]32)cn1. The topological polar surface area (TPSA) is 48.8 Å². The van der Waals surface area contributed by atoms with Gasteiger partial charge in [-0.2, -0.15) is 5.10 Å². The summed E-state index contributed by atoms with van der Waals surface area (Å²) in [7, 11) is 1.98.